The SMILES string of the molecule is CCCCOCCOCCOc1ccc(-c2ccc(C(=O)Oc3ccc(C(=O)OCC(C)CC)cc3F)cc2)cc1. The Kier molecular flexibility index (Phi) is 13.3. The molecule has 0 radical (unpaired) electrons. The number of hydrogen-bond acceptors (Lipinski definition) is 7. The minimum absolute atomic E-state index is 0.0583. The third-order valence-corrected chi connectivity index (χ3v) is 6.38. The van der Waals surface area contributed by atoms with Crippen molar-refractivity contribution in [2.75, 3.05) is 39.6 Å². The molecule has 0 N–H and O–H groups in total. The summed E-state index contributed by atoms with van der Waals surface area (Å²) >= 11 is 0. The number of hydrogen-bond donors (Lipinski definition) is 0. The average molecular weight is 567 g/mol. The highest BCUT2D eigenvalue weighted by Gasteiger charge is 2.16. The van der Waals surface area contributed by atoms with E-state index in [2.05, 4.69) is 6.92 Å². The zero-order valence-electron chi connectivity index (χ0n) is 24.0. The molecule has 0 heterocycles. The molecular formula is C33H39FO7. The number of esters is 2. The van der Waals surface area contributed by atoms with E-state index in [0.717, 1.165) is 48.8 Å². The lowest BCUT2D eigenvalue weighted by Gasteiger charge is -2.11. The molecule has 0 aliphatic carbocycles. The highest BCUT2D eigenvalue weighted by molar-refractivity contribution is 5.92. The predicted molar refractivity (Wildman–Crippen MR) is 155 cm³/mol. The molecule has 0 spiro atoms. The number of halogens is 1. The Morgan fingerprint density at radius 2 is 1.37 bits per heavy atom. The fraction of sp³-hybridized carbons (Fsp3) is 0.394. The zero-order chi connectivity index (χ0) is 29.5. The molecule has 7 nitrogen and oxygen atoms in total. The number of unbranched alkanes of at least 4 members (excludes halogenated alkanes) is 1. The molecule has 8 heteroatoms. The molecule has 41 heavy (non-hydrogen) atoms. The van der Waals surface area contributed by atoms with Crippen molar-refractivity contribution in [1.82, 2.24) is 0 Å². The Labute approximate surface area is 241 Å². The van der Waals surface area contributed by atoms with E-state index in [9.17, 15) is 14.0 Å². The van der Waals surface area contributed by atoms with Crippen LogP contribution in [0.3, 0.4) is 0 Å². The fourth-order valence-corrected chi connectivity index (χ4v) is 3.62. The zero-order valence-corrected chi connectivity index (χ0v) is 24.0. The second-order valence-electron chi connectivity index (χ2n) is 9.68. The van der Waals surface area contributed by atoms with Gasteiger partial charge in [-0.1, -0.05) is 57.9 Å². The van der Waals surface area contributed by atoms with E-state index >= 15 is 0 Å². The van der Waals surface area contributed by atoms with Crippen LogP contribution in [0, 0.1) is 11.7 Å². The van der Waals surface area contributed by atoms with Gasteiger partial charge in [0, 0.05) is 6.61 Å². The summed E-state index contributed by atoms with van der Waals surface area (Å²) in [6, 6.07) is 18.0. The van der Waals surface area contributed by atoms with Crippen LogP contribution in [0.2, 0.25) is 0 Å². The van der Waals surface area contributed by atoms with Crippen molar-refractivity contribution in [3.63, 3.8) is 0 Å². The summed E-state index contributed by atoms with van der Waals surface area (Å²) in [6.45, 7) is 9.17. The Bertz CT molecular complexity index is 1230. The Balaban J connectivity index is 1.46. The van der Waals surface area contributed by atoms with Crippen LogP contribution >= 0.6 is 0 Å². The quantitative estimate of drug-likeness (QED) is 0.0977. The molecule has 0 saturated heterocycles. The summed E-state index contributed by atoms with van der Waals surface area (Å²) in [5.41, 5.74) is 2.16. The number of carbonyl (C=O) groups is 2. The van der Waals surface area contributed by atoms with E-state index in [0.29, 0.717) is 26.4 Å². The summed E-state index contributed by atoms with van der Waals surface area (Å²) in [4.78, 5) is 24.7. The molecule has 3 aromatic carbocycles. The van der Waals surface area contributed by atoms with E-state index in [4.69, 9.17) is 23.7 Å². The molecule has 0 aromatic heterocycles. The summed E-state index contributed by atoms with van der Waals surface area (Å²) in [6.07, 6.45) is 3.05. The lowest BCUT2D eigenvalue weighted by Crippen LogP contribution is -2.13. The third kappa shape index (κ3) is 10.6. The number of rotatable bonds is 17. The van der Waals surface area contributed by atoms with Crippen LogP contribution in [0.5, 0.6) is 11.5 Å². The van der Waals surface area contributed by atoms with Gasteiger partial charge in [-0.05, 0) is 65.9 Å². The van der Waals surface area contributed by atoms with E-state index in [1.54, 1.807) is 24.3 Å². The summed E-state index contributed by atoms with van der Waals surface area (Å²) in [7, 11) is 0. The second-order valence-corrected chi connectivity index (χ2v) is 9.68. The molecule has 0 aliphatic rings. The van der Waals surface area contributed by atoms with Crippen LogP contribution < -0.4 is 9.47 Å². The first-order valence-corrected chi connectivity index (χ1v) is 14.1. The minimum Gasteiger partial charge on any atom is -0.491 e. The first-order chi connectivity index (χ1) is 19.9. The topological polar surface area (TPSA) is 80.3 Å². The normalized spacial score (nSPS) is 11.6. The summed E-state index contributed by atoms with van der Waals surface area (Å²) in [5.74, 6) is -1.47. The largest absolute Gasteiger partial charge is 0.491 e. The number of ether oxygens (including phenoxy) is 5. The van der Waals surface area contributed by atoms with Gasteiger partial charge in [0.25, 0.3) is 0 Å². The second kappa shape index (κ2) is 17.1. The Morgan fingerprint density at radius 1 is 0.756 bits per heavy atom. The molecule has 0 saturated carbocycles. The number of carbonyl (C=O) groups excluding carboxylic acids is 2. The fourth-order valence-electron chi connectivity index (χ4n) is 3.62. The van der Waals surface area contributed by atoms with Gasteiger partial charge in [-0.25, -0.2) is 14.0 Å². The van der Waals surface area contributed by atoms with Crippen molar-refractivity contribution >= 4 is 11.9 Å². The number of benzene rings is 3. The molecule has 0 amide bonds. The minimum atomic E-state index is -0.821. The third-order valence-electron chi connectivity index (χ3n) is 6.38. The lowest BCUT2D eigenvalue weighted by molar-refractivity contribution is 0.0356. The van der Waals surface area contributed by atoms with Crippen LogP contribution in [0.1, 0.15) is 60.7 Å². The van der Waals surface area contributed by atoms with Gasteiger partial charge in [0.2, 0.25) is 0 Å². The van der Waals surface area contributed by atoms with Gasteiger partial charge in [-0.15, -0.1) is 0 Å². The molecule has 3 aromatic rings. The van der Waals surface area contributed by atoms with Gasteiger partial charge < -0.3 is 23.7 Å². The van der Waals surface area contributed by atoms with Crippen molar-refractivity contribution in [3.8, 4) is 22.6 Å². The van der Waals surface area contributed by atoms with Crippen molar-refractivity contribution in [2.24, 2.45) is 5.92 Å². The first-order valence-electron chi connectivity index (χ1n) is 14.1. The average Bonchev–Trinajstić information content (AvgIpc) is 3.00. The molecule has 3 rings (SSSR count). The van der Waals surface area contributed by atoms with Gasteiger partial charge in [-0.3, -0.25) is 0 Å². The maximum absolute atomic E-state index is 14.5. The standard InChI is InChI=1S/C33H39FO7/c1-4-6-17-37-18-19-38-20-21-39-29-14-11-26(12-15-29)25-7-9-27(10-8-25)33(36)41-31-16-13-28(22-30(31)34)32(35)40-23-24(3)5-2/h7-16,22,24H,4-6,17-21,23H2,1-3H3. The van der Waals surface area contributed by atoms with E-state index in [-0.39, 0.29) is 29.4 Å². The van der Waals surface area contributed by atoms with Crippen molar-refractivity contribution in [3.05, 3.63) is 83.7 Å². The van der Waals surface area contributed by atoms with Crippen LogP contribution in [-0.4, -0.2) is 51.6 Å². The molecule has 0 bridgehead atoms. The van der Waals surface area contributed by atoms with E-state index in [1.807, 2.05) is 38.1 Å². The van der Waals surface area contributed by atoms with Crippen LogP contribution in [0.4, 0.5) is 4.39 Å². The molecule has 220 valence electrons. The van der Waals surface area contributed by atoms with Crippen LogP contribution in [0.25, 0.3) is 11.1 Å². The maximum Gasteiger partial charge on any atom is 0.343 e. The van der Waals surface area contributed by atoms with E-state index in [1.165, 1.54) is 12.1 Å². The van der Waals surface area contributed by atoms with Gasteiger partial charge in [0.15, 0.2) is 11.6 Å². The molecular weight excluding hydrogens is 527 g/mol. The summed E-state index contributed by atoms with van der Waals surface area (Å²) < 4.78 is 41.7. The molecule has 1 unspecified atom stereocenters. The Morgan fingerprint density at radius 3 is 2.00 bits per heavy atom. The lowest BCUT2D eigenvalue weighted by atomic mass is 10.0. The Hall–Kier alpha value is -3.75. The van der Waals surface area contributed by atoms with Crippen molar-refractivity contribution in [1.29, 1.82) is 0 Å². The van der Waals surface area contributed by atoms with Crippen molar-refractivity contribution < 1.29 is 37.7 Å². The van der Waals surface area contributed by atoms with E-state index < -0.39 is 17.8 Å². The highest BCUT2D eigenvalue weighted by Crippen LogP contribution is 2.24. The summed E-state index contributed by atoms with van der Waals surface area (Å²) in [5, 5.41) is 0. The smallest absolute Gasteiger partial charge is 0.343 e. The highest BCUT2D eigenvalue weighted by atomic mass is 19.1. The molecule has 0 fully saturated rings. The maximum atomic E-state index is 14.5. The van der Waals surface area contributed by atoms with Gasteiger partial charge >= 0.3 is 11.9 Å². The van der Waals surface area contributed by atoms with Crippen molar-refractivity contribution in [2.45, 2.75) is 40.0 Å². The molecule has 0 aliphatic heterocycles. The van der Waals surface area contributed by atoms with Crippen LogP contribution in [-0.2, 0) is 14.2 Å². The molecule has 1 atom stereocenters. The van der Waals surface area contributed by atoms with Gasteiger partial charge in [0.1, 0.15) is 12.4 Å². The van der Waals surface area contributed by atoms with Crippen LogP contribution in [0.15, 0.2) is 66.7 Å². The first kappa shape index (κ1) is 31.8. The monoisotopic (exact) mass is 566 g/mol. The predicted octanol–water partition coefficient (Wildman–Crippen LogP) is 7.13. The van der Waals surface area contributed by atoms with Gasteiger partial charge in [-0.2, -0.15) is 0 Å². The van der Waals surface area contributed by atoms with Gasteiger partial charge in [0.05, 0.1) is 37.6 Å².